The van der Waals surface area contributed by atoms with Gasteiger partial charge in [0, 0.05) is 25.2 Å². The Kier molecular flexibility index (Phi) is 4.67. The predicted molar refractivity (Wildman–Crippen MR) is 83.7 cm³/mol. The third-order valence-corrected chi connectivity index (χ3v) is 3.99. The summed E-state index contributed by atoms with van der Waals surface area (Å²) in [4.78, 5) is 2.38. The van der Waals surface area contributed by atoms with Crippen LogP contribution in [-0.4, -0.2) is 18.6 Å². The molecule has 1 aromatic carbocycles. The summed E-state index contributed by atoms with van der Waals surface area (Å²) in [5, 5.41) is 12.8. The monoisotopic (exact) mass is 271 g/mol. The third-order valence-electron chi connectivity index (χ3n) is 3.99. The van der Waals surface area contributed by atoms with Crippen LogP contribution in [-0.2, 0) is 6.54 Å². The Labute approximate surface area is 122 Å². The van der Waals surface area contributed by atoms with E-state index in [1.54, 1.807) is 0 Å². The highest BCUT2D eigenvalue weighted by atomic mass is 15.2. The van der Waals surface area contributed by atoms with E-state index in [1.165, 1.54) is 12.0 Å². The Morgan fingerprint density at radius 1 is 1.40 bits per heavy atom. The molecule has 0 spiro atoms. The molecule has 0 aromatic heterocycles. The van der Waals surface area contributed by atoms with Crippen LogP contribution in [0, 0.1) is 17.2 Å². The number of nitriles is 1. The Balaban J connectivity index is 2.20. The minimum atomic E-state index is 0.458. The van der Waals surface area contributed by atoms with E-state index in [0.29, 0.717) is 18.0 Å². The van der Waals surface area contributed by atoms with Gasteiger partial charge in [0.25, 0.3) is 0 Å². The maximum atomic E-state index is 9.44. The quantitative estimate of drug-likeness (QED) is 0.913. The Hall–Kier alpha value is -1.53. The van der Waals surface area contributed by atoms with Gasteiger partial charge in [0.15, 0.2) is 0 Å². The number of hydrogen-bond acceptors (Lipinski definition) is 3. The van der Waals surface area contributed by atoms with E-state index < -0.39 is 0 Å². The van der Waals surface area contributed by atoms with Crippen LogP contribution in [0.3, 0.4) is 0 Å². The predicted octanol–water partition coefficient (Wildman–Crippen LogP) is 3.29. The standard InChI is InChI=1S/C17H25N3/c1-12(2)19-10-15-5-6-17(16(8-15)9-18)20-11-13(3)7-14(20)4/h5-6,8,12-14,19H,7,10-11H2,1-4H3. The molecule has 0 saturated carbocycles. The SMILES string of the molecule is CC1CC(C)N(c2ccc(CNC(C)C)cc2C#N)C1. The van der Waals surface area contributed by atoms with Gasteiger partial charge in [0.1, 0.15) is 6.07 Å². The average Bonchev–Trinajstić information content (AvgIpc) is 2.74. The first-order valence-corrected chi connectivity index (χ1v) is 7.54. The summed E-state index contributed by atoms with van der Waals surface area (Å²) in [5.74, 6) is 0.707. The molecule has 1 saturated heterocycles. The largest absolute Gasteiger partial charge is 0.367 e. The van der Waals surface area contributed by atoms with Gasteiger partial charge in [0.05, 0.1) is 11.3 Å². The van der Waals surface area contributed by atoms with Gasteiger partial charge in [0.2, 0.25) is 0 Å². The smallest absolute Gasteiger partial charge is 0.101 e. The van der Waals surface area contributed by atoms with Gasteiger partial charge in [-0.15, -0.1) is 0 Å². The first-order valence-electron chi connectivity index (χ1n) is 7.54. The molecule has 1 aromatic rings. The molecule has 1 aliphatic rings. The summed E-state index contributed by atoms with van der Waals surface area (Å²) < 4.78 is 0. The summed E-state index contributed by atoms with van der Waals surface area (Å²) in [6, 6.07) is 9.63. The number of benzene rings is 1. The zero-order valence-corrected chi connectivity index (χ0v) is 13.0. The molecule has 1 aliphatic heterocycles. The van der Waals surface area contributed by atoms with E-state index in [0.717, 1.165) is 24.3 Å². The molecule has 0 radical (unpaired) electrons. The van der Waals surface area contributed by atoms with Crippen molar-refractivity contribution in [2.75, 3.05) is 11.4 Å². The molecule has 3 nitrogen and oxygen atoms in total. The average molecular weight is 271 g/mol. The van der Waals surface area contributed by atoms with Gasteiger partial charge in [-0.25, -0.2) is 0 Å². The molecule has 20 heavy (non-hydrogen) atoms. The van der Waals surface area contributed by atoms with E-state index in [1.807, 2.05) is 6.07 Å². The molecule has 1 heterocycles. The summed E-state index contributed by atoms with van der Waals surface area (Å²) in [6.07, 6.45) is 1.21. The van der Waals surface area contributed by atoms with Crippen LogP contribution in [0.15, 0.2) is 18.2 Å². The summed E-state index contributed by atoms with van der Waals surface area (Å²) in [6.45, 7) is 10.7. The molecule has 2 unspecified atom stereocenters. The fraction of sp³-hybridized carbons (Fsp3) is 0.588. The second-order valence-corrected chi connectivity index (χ2v) is 6.34. The first kappa shape index (κ1) is 14.9. The van der Waals surface area contributed by atoms with E-state index in [2.05, 4.69) is 56.1 Å². The Bertz CT molecular complexity index is 501. The van der Waals surface area contributed by atoms with Crippen molar-refractivity contribution < 1.29 is 0 Å². The molecule has 108 valence electrons. The lowest BCUT2D eigenvalue weighted by Crippen LogP contribution is -2.27. The topological polar surface area (TPSA) is 39.1 Å². The molecular formula is C17H25N3. The number of rotatable bonds is 4. The van der Waals surface area contributed by atoms with E-state index in [4.69, 9.17) is 0 Å². The van der Waals surface area contributed by atoms with Crippen LogP contribution >= 0.6 is 0 Å². The van der Waals surface area contributed by atoms with Crippen LogP contribution in [0.4, 0.5) is 5.69 Å². The molecule has 1 N–H and O–H groups in total. The zero-order valence-electron chi connectivity index (χ0n) is 13.0. The molecule has 3 heteroatoms. The van der Waals surface area contributed by atoms with Crippen LogP contribution < -0.4 is 10.2 Å². The van der Waals surface area contributed by atoms with Crippen LogP contribution in [0.1, 0.15) is 45.2 Å². The Morgan fingerprint density at radius 2 is 2.15 bits per heavy atom. The number of anilines is 1. The van der Waals surface area contributed by atoms with E-state index in [-0.39, 0.29) is 0 Å². The van der Waals surface area contributed by atoms with Crippen molar-refractivity contribution in [2.45, 2.75) is 52.7 Å². The fourth-order valence-corrected chi connectivity index (χ4v) is 2.99. The number of hydrogen-bond donors (Lipinski definition) is 1. The lowest BCUT2D eigenvalue weighted by Gasteiger charge is -2.25. The highest BCUT2D eigenvalue weighted by Gasteiger charge is 2.27. The highest BCUT2D eigenvalue weighted by Crippen LogP contribution is 2.31. The third kappa shape index (κ3) is 3.32. The van der Waals surface area contributed by atoms with Crippen molar-refractivity contribution in [3.8, 4) is 6.07 Å². The van der Waals surface area contributed by atoms with E-state index in [9.17, 15) is 5.26 Å². The van der Waals surface area contributed by atoms with Gasteiger partial charge >= 0.3 is 0 Å². The maximum Gasteiger partial charge on any atom is 0.101 e. The maximum absolute atomic E-state index is 9.44. The van der Waals surface area contributed by atoms with Crippen molar-refractivity contribution in [3.63, 3.8) is 0 Å². The van der Waals surface area contributed by atoms with Crippen LogP contribution in [0.25, 0.3) is 0 Å². The van der Waals surface area contributed by atoms with Crippen molar-refractivity contribution in [1.29, 1.82) is 5.26 Å². The van der Waals surface area contributed by atoms with Gasteiger partial charge in [-0.05, 0) is 37.0 Å². The summed E-state index contributed by atoms with van der Waals surface area (Å²) >= 11 is 0. The van der Waals surface area contributed by atoms with Crippen LogP contribution in [0.5, 0.6) is 0 Å². The molecular weight excluding hydrogens is 246 g/mol. The van der Waals surface area contributed by atoms with E-state index >= 15 is 0 Å². The number of nitrogens with zero attached hydrogens (tertiary/aromatic N) is 2. The minimum Gasteiger partial charge on any atom is -0.367 e. The first-order chi connectivity index (χ1) is 9.51. The summed E-state index contributed by atoms with van der Waals surface area (Å²) in [5.41, 5.74) is 3.07. The van der Waals surface area contributed by atoms with Gasteiger partial charge in [-0.1, -0.05) is 26.8 Å². The van der Waals surface area contributed by atoms with Crippen molar-refractivity contribution in [2.24, 2.45) is 5.92 Å². The molecule has 0 amide bonds. The second kappa shape index (κ2) is 6.28. The van der Waals surface area contributed by atoms with Crippen molar-refractivity contribution in [3.05, 3.63) is 29.3 Å². The fourth-order valence-electron chi connectivity index (χ4n) is 2.99. The van der Waals surface area contributed by atoms with Crippen LogP contribution in [0.2, 0.25) is 0 Å². The van der Waals surface area contributed by atoms with Gasteiger partial charge < -0.3 is 10.2 Å². The molecule has 1 fully saturated rings. The molecule has 2 rings (SSSR count). The zero-order chi connectivity index (χ0) is 14.7. The van der Waals surface area contributed by atoms with Crippen molar-refractivity contribution >= 4 is 5.69 Å². The number of nitrogens with one attached hydrogen (secondary N) is 1. The normalized spacial score (nSPS) is 22.3. The molecule has 2 atom stereocenters. The molecule has 0 bridgehead atoms. The highest BCUT2D eigenvalue weighted by molar-refractivity contribution is 5.61. The van der Waals surface area contributed by atoms with Gasteiger partial charge in [-0.3, -0.25) is 0 Å². The summed E-state index contributed by atoms with van der Waals surface area (Å²) in [7, 11) is 0. The van der Waals surface area contributed by atoms with Crippen molar-refractivity contribution in [1.82, 2.24) is 5.32 Å². The lowest BCUT2D eigenvalue weighted by molar-refractivity contribution is 0.589. The molecule has 0 aliphatic carbocycles. The van der Waals surface area contributed by atoms with Gasteiger partial charge in [-0.2, -0.15) is 5.26 Å². The minimum absolute atomic E-state index is 0.458. The lowest BCUT2D eigenvalue weighted by atomic mass is 10.1. The Morgan fingerprint density at radius 3 is 2.70 bits per heavy atom. The second-order valence-electron chi connectivity index (χ2n) is 6.34.